The van der Waals surface area contributed by atoms with Gasteiger partial charge in [0.2, 0.25) is 11.7 Å². The first-order valence-corrected chi connectivity index (χ1v) is 10.7. The van der Waals surface area contributed by atoms with Crippen molar-refractivity contribution in [3.8, 4) is 11.4 Å². The summed E-state index contributed by atoms with van der Waals surface area (Å²) < 4.78 is 5.36. The second-order valence-electron chi connectivity index (χ2n) is 7.88. The van der Waals surface area contributed by atoms with E-state index in [4.69, 9.17) is 16.1 Å². The summed E-state index contributed by atoms with van der Waals surface area (Å²) in [6.45, 7) is 8.69. The van der Waals surface area contributed by atoms with E-state index in [1.807, 2.05) is 24.3 Å². The molecule has 1 aliphatic rings. The molecule has 2 aromatic rings. The predicted molar refractivity (Wildman–Crippen MR) is 117 cm³/mol. The zero-order valence-electron chi connectivity index (χ0n) is 17.5. The van der Waals surface area contributed by atoms with Gasteiger partial charge in [0.15, 0.2) is 5.96 Å². The van der Waals surface area contributed by atoms with Crippen molar-refractivity contribution in [3.63, 3.8) is 0 Å². The smallest absolute Gasteiger partial charge is 0.228 e. The van der Waals surface area contributed by atoms with E-state index in [2.05, 4.69) is 44.5 Å². The molecule has 8 heteroatoms. The molecule has 0 atom stereocenters. The second-order valence-corrected chi connectivity index (χ2v) is 8.32. The van der Waals surface area contributed by atoms with Crippen LogP contribution in [0, 0.1) is 5.92 Å². The standard InChI is InChI=1S/C21H31ClN6O/c1-15(2)14-28-12-9-18(10-13-28)25-21(23-3)24-11-8-19-26-20(27-29-19)16-4-6-17(22)7-5-16/h4-7,15,18H,8-14H2,1-3H3,(H2,23,24,25). The van der Waals surface area contributed by atoms with Crippen LogP contribution in [0.15, 0.2) is 33.8 Å². The molecule has 1 aromatic carbocycles. The van der Waals surface area contributed by atoms with Crippen molar-refractivity contribution in [1.29, 1.82) is 0 Å². The molecule has 0 saturated carbocycles. The number of nitrogens with one attached hydrogen (secondary N) is 2. The Bertz CT molecular complexity index is 781. The zero-order chi connectivity index (χ0) is 20.6. The van der Waals surface area contributed by atoms with Gasteiger partial charge in [-0.3, -0.25) is 4.99 Å². The normalized spacial score (nSPS) is 16.4. The van der Waals surface area contributed by atoms with Gasteiger partial charge < -0.3 is 20.1 Å². The van der Waals surface area contributed by atoms with Crippen LogP contribution in [0.4, 0.5) is 0 Å². The summed E-state index contributed by atoms with van der Waals surface area (Å²) in [7, 11) is 1.80. The van der Waals surface area contributed by atoms with E-state index in [1.54, 1.807) is 7.05 Å². The largest absolute Gasteiger partial charge is 0.356 e. The Hall–Kier alpha value is -2.12. The Balaban J connectivity index is 1.41. The molecule has 7 nitrogen and oxygen atoms in total. The summed E-state index contributed by atoms with van der Waals surface area (Å²) in [6.07, 6.45) is 2.91. The van der Waals surface area contributed by atoms with Crippen molar-refractivity contribution in [3.05, 3.63) is 35.2 Å². The third-order valence-electron chi connectivity index (χ3n) is 4.98. The van der Waals surface area contributed by atoms with Crippen LogP contribution in [0.5, 0.6) is 0 Å². The van der Waals surface area contributed by atoms with Crippen LogP contribution in [-0.4, -0.2) is 60.3 Å². The maximum atomic E-state index is 5.92. The Morgan fingerprint density at radius 1 is 1.28 bits per heavy atom. The number of hydrogen-bond acceptors (Lipinski definition) is 5. The molecule has 0 radical (unpaired) electrons. The van der Waals surface area contributed by atoms with Crippen LogP contribution < -0.4 is 10.6 Å². The third kappa shape index (κ3) is 6.72. The number of piperidine rings is 1. The maximum Gasteiger partial charge on any atom is 0.228 e. The number of likely N-dealkylation sites (tertiary alicyclic amines) is 1. The van der Waals surface area contributed by atoms with E-state index < -0.39 is 0 Å². The van der Waals surface area contributed by atoms with Gasteiger partial charge in [0.1, 0.15) is 0 Å². The lowest BCUT2D eigenvalue weighted by Gasteiger charge is -2.33. The number of aromatic nitrogens is 2. The monoisotopic (exact) mass is 418 g/mol. The highest BCUT2D eigenvalue weighted by molar-refractivity contribution is 6.30. The highest BCUT2D eigenvalue weighted by Gasteiger charge is 2.20. The molecule has 0 spiro atoms. The first kappa shape index (κ1) is 21.6. The number of hydrogen-bond donors (Lipinski definition) is 2. The van der Waals surface area contributed by atoms with Gasteiger partial charge in [-0.15, -0.1) is 0 Å². The topological polar surface area (TPSA) is 78.6 Å². The first-order chi connectivity index (χ1) is 14.0. The minimum absolute atomic E-state index is 0.463. The second kappa shape index (κ2) is 10.6. The van der Waals surface area contributed by atoms with E-state index in [0.29, 0.717) is 35.7 Å². The van der Waals surface area contributed by atoms with Gasteiger partial charge in [-0.25, -0.2) is 0 Å². The number of guanidine groups is 1. The van der Waals surface area contributed by atoms with Gasteiger partial charge in [-0.2, -0.15) is 4.98 Å². The lowest BCUT2D eigenvalue weighted by Crippen LogP contribution is -2.49. The van der Waals surface area contributed by atoms with E-state index in [-0.39, 0.29) is 0 Å². The Kier molecular flexibility index (Phi) is 7.89. The molecule has 2 heterocycles. The summed E-state index contributed by atoms with van der Waals surface area (Å²) in [5.74, 6) is 2.72. The summed E-state index contributed by atoms with van der Waals surface area (Å²) in [6, 6.07) is 7.86. The van der Waals surface area contributed by atoms with Crippen LogP contribution in [0.3, 0.4) is 0 Å². The van der Waals surface area contributed by atoms with E-state index in [0.717, 1.165) is 43.4 Å². The maximum absolute atomic E-state index is 5.92. The van der Waals surface area contributed by atoms with Crippen molar-refractivity contribution >= 4 is 17.6 Å². The summed E-state index contributed by atoms with van der Waals surface area (Å²) in [5, 5.41) is 11.6. The number of halogens is 1. The molecule has 0 unspecified atom stereocenters. The Morgan fingerprint density at radius 3 is 2.66 bits per heavy atom. The summed E-state index contributed by atoms with van der Waals surface area (Å²) >= 11 is 5.92. The molecule has 1 fully saturated rings. The molecular weight excluding hydrogens is 388 g/mol. The fraction of sp³-hybridized carbons (Fsp3) is 0.571. The lowest BCUT2D eigenvalue weighted by molar-refractivity contribution is 0.187. The van der Waals surface area contributed by atoms with Crippen LogP contribution in [0.2, 0.25) is 5.02 Å². The molecule has 1 saturated heterocycles. The zero-order valence-corrected chi connectivity index (χ0v) is 18.2. The van der Waals surface area contributed by atoms with Crippen LogP contribution in [-0.2, 0) is 6.42 Å². The van der Waals surface area contributed by atoms with Gasteiger partial charge >= 0.3 is 0 Å². The number of nitrogens with zero attached hydrogens (tertiary/aromatic N) is 4. The summed E-state index contributed by atoms with van der Waals surface area (Å²) in [4.78, 5) is 11.3. The lowest BCUT2D eigenvalue weighted by atomic mass is 10.0. The van der Waals surface area contributed by atoms with Gasteiger partial charge in [0.25, 0.3) is 0 Å². The highest BCUT2D eigenvalue weighted by atomic mass is 35.5. The molecule has 1 aromatic heterocycles. The average molecular weight is 419 g/mol. The molecule has 0 amide bonds. The van der Waals surface area contributed by atoms with E-state index >= 15 is 0 Å². The van der Waals surface area contributed by atoms with Crippen LogP contribution in [0.1, 0.15) is 32.6 Å². The minimum atomic E-state index is 0.463. The van der Waals surface area contributed by atoms with Crippen molar-refractivity contribution in [2.24, 2.45) is 10.9 Å². The van der Waals surface area contributed by atoms with Crippen molar-refractivity contribution < 1.29 is 4.52 Å². The minimum Gasteiger partial charge on any atom is -0.356 e. The van der Waals surface area contributed by atoms with Gasteiger partial charge in [-0.05, 0) is 43.0 Å². The molecule has 3 rings (SSSR count). The number of benzene rings is 1. The van der Waals surface area contributed by atoms with Crippen molar-refractivity contribution in [2.45, 2.75) is 39.2 Å². The molecule has 1 aliphatic heterocycles. The molecular formula is C21H31ClN6O. The SMILES string of the molecule is CN=C(NCCc1nc(-c2ccc(Cl)cc2)no1)NC1CCN(CC(C)C)CC1. The Morgan fingerprint density at radius 2 is 2.00 bits per heavy atom. The molecule has 158 valence electrons. The van der Waals surface area contributed by atoms with Crippen LogP contribution >= 0.6 is 11.6 Å². The van der Waals surface area contributed by atoms with Crippen molar-refractivity contribution in [2.75, 3.05) is 33.2 Å². The number of aliphatic imine (C=N–C) groups is 1. The summed E-state index contributed by atoms with van der Waals surface area (Å²) in [5.41, 5.74) is 0.888. The van der Waals surface area contributed by atoms with Gasteiger partial charge in [0.05, 0.1) is 0 Å². The predicted octanol–water partition coefficient (Wildman–Crippen LogP) is 3.22. The number of rotatable bonds is 7. The van der Waals surface area contributed by atoms with Crippen LogP contribution in [0.25, 0.3) is 11.4 Å². The fourth-order valence-electron chi connectivity index (χ4n) is 3.52. The third-order valence-corrected chi connectivity index (χ3v) is 5.23. The van der Waals surface area contributed by atoms with E-state index in [9.17, 15) is 0 Å². The average Bonchev–Trinajstić information content (AvgIpc) is 3.17. The quantitative estimate of drug-likeness (QED) is 0.531. The highest BCUT2D eigenvalue weighted by Crippen LogP contribution is 2.18. The van der Waals surface area contributed by atoms with E-state index in [1.165, 1.54) is 6.54 Å². The molecule has 0 aliphatic carbocycles. The molecule has 2 N–H and O–H groups in total. The van der Waals surface area contributed by atoms with Crippen molar-refractivity contribution in [1.82, 2.24) is 25.7 Å². The van der Waals surface area contributed by atoms with Gasteiger partial charge in [-0.1, -0.05) is 30.6 Å². The first-order valence-electron chi connectivity index (χ1n) is 10.3. The van der Waals surface area contributed by atoms with Gasteiger partial charge in [0, 0.05) is 56.3 Å². The Labute approximate surface area is 177 Å². The molecule has 29 heavy (non-hydrogen) atoms. The molecule has 0 bridgehead atoms. The fourth-order valence-corrected chi connectivity index (χ4v) is 3.65.